The zero-order chi connectivity index (χ0) is 9.35. The predicted octanol–water partition coefficient (Wildman–Crippen LogP) is 1.82. The lowest BCUT2D eigenvalue weighted by Gasteiger charge is -2.19. The van der Waals surface area contributed by atoms with Crippen molar-refractivity contribution in [2.45, 2.75) is 34.2 Å². The van der Waals surface area contributed by atoms with Gasteiger partial charge in [-0.05, 0) is 12.3 Å². The molecule has 12 heavy (non-hydrogen) atoms. The standard InChI is InChI=1S/C9H17N3/c1-7-5-12(8(10)11-7)6-9(2,3)4/h5H,6H2,1-4H3,(H2,10,11). The molecule has 0 bridgehead atoms. The van der Waals surface area contributed by atoms with E-state index in [1.807, 2.05) is 17.7 Å². The summed E-state index contributed by atoms with van der Waals surface area (Å²) in [6, 6.07) is 0. The van der Waals surface area contributed by atoms with Crippen molar-refractivity contribution in [3.63, 3.8) is 0 Å². The van der Waals surface area contributed by atoms with Gasteiger partial charge in [0.15, 0.2) is 5.95 Å². The van der Waals surface area contributed by atoms with Crippen molar-refractivity contribution in [2.75, 3.05) is 5.73 Å². The number of nitrogen functional groups attached to an aromatic ring is 1. The quantitative estimate of drug-likeness (QED) is 0.693. The van der Waals surface area contributed by atoms with E-state index in [1.54, 1.807) is 0 Å². The summed E-state index contributed by atoms with van der Waals surface area (Å²) >= 11 is 0. The minimum atomic E-state index is 0.251. The van der Waals surface area contributed by atoms with Gasteiger partial charge in [-0.3, -0.25) is 0 Å². The number of imidazole rings is 1. The number of nitrogens with zero attached hydrogens (tertiary/aromatic N) is 2. The lowest BCUT2D eigenvalue weighted by Crippen LogP contribution is -2.16. The van der Waals surface area contributed by atoms with Crippen LogP contribution in [0, 0.1) is 12.3 Å². The van der Waals surface area contributed by atoms with Crippen molar-refractivity contribution in [1.29, 1.82) is 0 Å². The van der Waals surface area contributed by atoms with Crippen molar-refractivity contribution < 1.29 is 0 Å². The molecule has 0 fully saturated rings. The van der Waals surface area contributed by atoms with E-state index in [-0.39, 0.29) is 5.41 Å². The molecule has 2 N–H and O–H groups in total. The molecule has 1 aromatic rings. The third-order valence-corrected chi connectivity index (χ3v) is 1.57. The third-order valence-electron chi connectivity index (χ3n) is 1.57. The highest BCUT2D eigenvalue weighted by Gasteiger charge is 2.12. The molecule has 0 aromatic carbocycles. The number of aromatic nitrogens is 2. The van der Waals surface area contributed by atoms with E-state index < -0.39 is 0 Å². The van der Waals surface area contributed by atoms with Crippen LogP contribution in [-0.2, 0) is 6.54 Å². The van der Waals surface area contributed by atoms with Crippen LogP contribution in [0.15, 0.2) is 6.20 Å². The third kappa shape index (κ3) is 2.26. The van der Waals surface area contributed by atoms with Crippen molar-refractivity contribution in [1.82, 2.24) is 9.55 Å². The Kier molecular flexibility index (Phi) is 2.13. The zero-order valence-electron chi connectivity index (χ0n) is 8.26. The van der Waals surface area contributed by atoms with Crippen LogP contribution in [0.4, 0.5) is 5.95 Å². The van der Waals surface area contributed by atoms with Crippen LogP contribution >= 0.6 is 0 Å². The Morgan fingerprint density at radius 1 is 1.50 bits per heavy atom. The first-order chi connectivity index (χ1) is 5.38. The number of hydrogen-bond acceptors (Lipinski definition) is 2. The highest BCUT2D eigenvalue weighted by molar-refractivity contribution is 5.21. The van der Waals surface area contributed by atoms with Crippen LogP contribution < -0.4 is 5.73 Å². The maximum absolute atomic E-state index is 5.70. The molecule has 0 aliphatic rings. The van der Waals surface area contributed by atoms with Crippen LogP contribution in [0.25, 0.3) is 0 Å². The molecule has 0 aliphatic heterocycles. The number of rotatable bonds is 1. The molecule has 3 heteroatoms. The van der Waals surface area contributed by atoms with Crippen LogP contribution in [0.5, 0.6) is 0 Å². The van der Waals surface area contributed by atoms with E-state index in [2.05, 4.69) is 25.8 Å². The molecule has 0 unspecified atom stereocenters. The normalized spacial score (nSPS) is 12.0. The second-order valence-corrected chi connectivity index (χ2v) is 4.43. The average molecular weight is 167 g/mol. The summed E-state index contributed by atoms with van der Waals surface area (Å²) in [6.07, 6.45) is 1.99. The Bertz CT molecular complexity index is 268. The van der Waals surface area contributed by atoms with Gasteiger partial charge in [-0.25, -0.2) is 4.98 Å². The summed E-state index contributed by atoms with van der Waals surface area (Å²) in [7, 11) is 0. The SMILES string of the molecule is Cc1cn(CC(C)(C)C)c(N)n1. The molecule has 3 nitrogen and oxygen atoms in total. The molecule has 0 radical (unpaired) electrons. The van der Waals surface area contributed by atoms with Gasteiger partial charge in [-0.1, -0.05) is 20.8 Å². The van der Waals surface area contributed by atoms with E-state index in [4.69, 9.17) is 5.73 Å². The van der Waals surface area contributed by atoms with Gasteiger partial charge in [-0.15, -0.1) is 0 Å². The molecule has 1 aromatic heterocycles. The van der Waals surface area contributed by atoms with E-state index in [0.29, 0.717) is 5.95 Å². The van der Waals surface area contributed by atoms with Gasteiger partial charge >= 0.3 is 0 Å². The van der Waals surface area contributed by atoms with Crippen LogP contribution in [-0.4, -0.2) is 9.55 Å². The number of anilines is 1. The highest BCUT2D eigenvalue weighted by atomic mass is 15.1. The van der Waals surface area contributed by atoms with Crippen LogP contribution in [0.1, 0.15) is 26.5 Å². The molecule has 1 rings (SSSR count). The Morgan fingerprint density at radius 2 is 2.08 bits per heavy atom. The van der Waals surface area contributed by atoms with Crippen LogP contribution in [0.2, 0.25) is 0 Å². The van der Waals surface area contributed by atoms with E-state index in [0.717, 1.165) is 12.2 Å². The first kappa shape index (κ1) is 9.10. The van der Waals surface area contributed by atoms with Gasteiger partial charge in [0, 0.05) is 12.7 Å². The van der Waals surface area contributed by atoms with Gasteiger partial charge in [0.2, 0.25) is 0 Å². The van der Waals surface area contributed by atoms with Gasteiger partial charge in [0.05, 0.1) is 5.69 Å². The van der Waals surface area contributed by atoms with Gasteiger partial charge in [-0.2, -0.15) is 0 Å². The fourth-order valence-electron chi connectivity index (χ4n) is 1.20. The molecule has 0 saturated carbocycles. The smallest absolute Gasteiger partial charge is 0.200 e. The highest BCUT2D eigenvalue weighted by Crippen LogP contribution is 2.18. The molecule has 0 atom stereocenters. The zero-order valence-corrected chi connectivity index (χ0v) is 8.26. The average Bonchev–Trinajstić information content (AvgIpc) is 2.06. The molecule has 68 valence electrons. The molecular formula is C9H17N3. The fraction of sp³-hybridized carbons (Fsp3) is 0.667. The summed E-state index contributed by atoms with van der Waals surface area (Å²) in [5.41, 5.74) is 6.93. The first-order valence-electron chi connectivity index (χ1n) is 4.18. The van der Waals surface area contributed by atoms with Gasteiger partial charge < -0.3 is 10.3 Å². The second-order valence-electron chi connectivity index (χ2n) is 4.43. The van der Waals surface area contributed by atoms with Crippen molar-refractivity contribution >= 4 is 5.95 Å². The summed E-state index contributed by atoms with van der Waals surface area (Å²) in [6.45, 7) is 9.42. The Balaban J connectivity index is 2.82. The summed E-state index contributed by atoms with van der Waals surface area (Å²) < 4.78 is 2.00. The van der Waals surface area contributed by atoms with Crippen LogP contribution in [0.3, 0.4) is 0 Å². The lowest BCUT2D eigenvalue weighted by atomic mass is 9.97. The number of nitrogens with two attached hydrogens (primary N) is 1. The lowest BCUT2D eigenvalue weighted by molar-refractivity contribution is 0.346. The molecule has 0 aliphatic carbocycles. The topological polar surface area (TPSA) is 43.8 Å². The van der Waals surface area contributed by atoms with Crippen molar-refractivity contribution in [2.24, 2.45) is 5.41 Å². The maximum atomic E-state index is 5.70. The van der Waals surface area contributed by atoms with E-state index >= 15 is 0 Å². The largest absolute Gasteiger partial charge is 0.369 e. The van der Waals surface area contributed by atoms with E-state index in [9.17, 15) is 0 Å². The second kappa shape index (κ2) is 2.81. The Morgan fingerprint density at radius 3 is 2.42 bits per heavy atom. The monoisotopic (exact) mass is 167 g/mol. The number of aryl methyl sites for hydroxylation is 1. The maximum Gasteiger partial charge on any atom is 0.200 e. The van der Waals surface area contributed by atoms with Crippen molar-refractivity contribution in [3.05, 3.63) is 11.9 Å². The Labute approximate surface area is 73.6 Å². The molecule has 1 heterocycles. The summed E-state index contributed by atoms with van der Waals surface area (Å²) in [4.78, 5) is 4.14. The number of hydrogen-bond donors (Lipinski definition) is 1. The molecule has 0 amide bonds. The van der Waals surface area contributed by atoms with E-state index in [1.165, 1.54) is 0 Å². The molecular weight excluding hydrogens is 150 g/mol. The minimum Gasteiger partial charge on any atom is -0.369 e. The minimum absolute atomic E-state index is 0.251. The summed E-state index contributed by atoms with van der Waals surface area (Å²) in [5, 5.41) is 0. The Hall–Kier alpha value is -0.990. The fourth-order valence-corrected chi connectivity index (χ4v) is 1.20. The summed E-state index contributed by atoms with van der Waals surface area (Å²) in [5.74, 6) is 0.613. The first-order valence-corrected chi connectivity index (χ1v) is 4.18. The molecule has 0 saturated heterocycles. The predicted molar refractivity (Wildman–Crippen MR) is 50.8 cm³/mol. The van der Waals surface area contributed by atoms with Gasteiger partial charge in [0.25, 0.3) is 0 Å². The van der Waals surface area contributed by atoms with Gasteiger partial charge in [0.1, 0.15) is 0 Å². The molecule has 0 spiro atoms. The van der Waals surface area contributed by atoms with Crippen molar-refractivity contribution in [3.8, 4) is 0 Å².